The van der Waals surface area contributed by atoms with Crippen LogP contribution in [0.3, 0.4) is 0 Å². The topological polar surface area (TPSA) is 214 Å². The van der Waals surface area contributed by atoms with Crippen molar-refractivity contribution in [1.29, 1.82) is 0 Å². The molecule has 5 N–H and O–H groups in total. The van der Waals surface area contributed by atoms with E-state index in [1.807, 2.05) is 0 Å². The third-order valence-electron chi connectivity index (χ3n) is 6.27. The zero-order valence-corrected chi connectivity index (χ0v) is 23.0. The molecular weight excluding hydrogens is 594 g/mol. The quantitative estimate of drug-likeness (QED) is 0.109. The molecule has 0 aliphatic heterocycles. The Kier molecular flexibility index (Phi) is 6.89. The summed E-state index contributed by atoms with van der Waals surface area (Å²) in [7, 11) is -13.9. The van der Waals surface area contributed by atoms with E-state index in [0.717, 1.165) is 12.1 Å². The van der Waals surface area contributed by atoms with Crippen LogP contribution in [-0.2, 0) is 30.4 Å². The Morgan fingerprint density at radius 3 is 1.80 bits per heavy atom. The SMILES string of the molecule is Nc1ccc(N=Nc2ccc(-c3ccccc3S(=O)(=O)O)c3ccc(S(=O)(=O)O)cc23)c2cccc(S(=O)(=O)O)c12. The number of hydrogen-bond acceptors (Lipinski definition) is 9. The van der Waals surface area contributed by atoms with Crippen molar-refractivity contribution < 1.29 is 38.9 Å². The highest BCUT2D eigenvalue weighted by Gasteiger charge is 2.21. The van der Waals surface area contributed by atoms with Crippen LogP contribution in [0, 0.1) is 0 Å². The lowest BCUT2D eigenvalue weighted by molar-refractivity contribution is 0.481. The second kappa shape index (κ2) is 9.99. The Morgan fingerprint density at radius 2 is 1.15 bits per heavy atom. The monoisotopic (exact) mass is 613 g/mol. The van der Waals surface area contributed by atoms with Crippen LogP contribution >= 0.6 is 0 Å². The van der Waals surface area contributed by atoms with Gasteiger partial charge in [-0.05, 0) is 53.4 Å². The lowest BCUT2D eigenvalue weighted by Crippen LogP contribution is -2.01. The zero-order valence-electron chi connectivity index (χ0n) is 20.6. The van der Waals surface area contributed by atoms with Gasteiger partial charge >= 0.3 is 0 Å². The molecule has 5 rings (SSSR count). The van der Waals surface area contributed by atoms with Crippen LogP contribution in [0.4, 0.5) is 17.1 Å². The van der Waals surface area contributed by atoms with E-state index < -0.39 is 40.1 Å². The summed E-state index contributed by atoms with van der Waals surface area (Å²) in [6.07, 6.45) is 0. The van der Waals surface area contributed by atoms with Gasteiger partial charge in [0.15, 0.2) is 0 Å². The molecule has 5 aromatic carbocycles. The van der Waals surface area contributed by atoms with Crippen LogP contribution < -0.4 is 5.73 Å². The van der Waals surface area contributed by atoms with Crippen LogP contribution in [0.15, 0.2) is 110 Å². The normalized spacial score (nSPS) is 12.9. The smallest absolute Gasteiger partial charge is 0.295 e. The average Bonchev–Trinajstić information content (AvgIpc) is 2.90. The first kappa shape index (κ1) is 28.3. The van der Waals surface area contributed by atoms with E-state index in [1.54, 1.807) is 6.07 Å². The molecule has 0 saturated carbocycles. The highest BCUT2D eigenvalue weighted by atomic mass is 32.2. The van der Waals surface area contributed by atoms with Gasteiger partial charge in [-0.25, -0.2) is 0 Å². The van der Waals surface area contributed by atoms with E-state index in [-0.39, 0.29) is 43.7 Å². The van der Waals surface area contributed by atoms with Gasteiger partial charge in [0.25, 0.3) is 30.4 Å². The number of nitrogens with zero attached hydrogens (tertiary/aromatic N) is 2. The van der Waals surface area contributed by atoms with Gasteiger partial charge in [-0.1, -0.05) is 42.5 Å². The van der Waals surface area contributed by atoms with Gasteiger partial charge in [-0.2, -0.15) is 25.3 Å². The summed E-state index contributed by atoms with van der Waals surface area (Å²) in [6.45, 7) is 0. The third-order valence-corrected chi connectivity index (χ3v) is 8.93. The molecule has 15 heteroatoms. The molecule has 0 heterocycles. The minimum Gasteiger partial charge on any atom is -0.398 e. The van der Waals surface area contributed by atoms with E-state index in [0.29, 0.717) is 10.9 Å². The van der Waals surface area contributed by atoms with Crippen molar-refractivity contribution in [1.82, 2.24) is 0 Å². The van der Waals surface area contributed by atoms with Crippen LogP contribution in [0.1, 0.15) is 0 Å². The number of anilines is 1. The molecule has 0 atom stereocenters. The Morgan fingerprint density at radius 1 is 0.537 bits per heavy atom. The second-order valence-electron chi connectivity index (χ2n) is 8.81. The first-order valence-electron chi connectivity index (χ1n) is 11.5. The molecular formula is C26H19N3O9S3. The predicted molar refractivity (Wildman–Crippen MR) is 151 cm³/mol. The van der Waals surface area contributed by atoms with E-state index in [1.165, 1.54) is 66.7 Å². The minimum absolute atomic E-state index is 0.0298. The number of fused-ring (bicyclic) bond motifs is 2. The number of azo groups is 1. The zero-order chi connectivity index (χ0) is 29.7. The van der Waals surface area contributed by atoms with Crippen molar-refractivity contribution in [3.8, 4) is 11.1 Å². The maximum atomic E-state index is 12.0. The maximum Gasteiger partial charge on any atom is 0.295 e. The maximum absolute atomic E-state index is 12.0. The fourth-order valence-electron chi connectivity index (χ4n) is 4.50. The molecule has 0 bridgehead atoms. The van der Waals surface area contributed by atoms with E-state index in [9.17, 15) is 38.9 Å². The van der Waals surface area contributed by atoms with Gasteiger partial charge in [0.05, 0.1) is 16.3 Å². The summed E-state index contributed by atoms with van der Waals surface area (Å²) in [6, 6.07) is 19.2. The standard InChI is InChI=1S/C26H19N3O9S3/c27-21-11-13-22(19-5-3-7-25(26(19)21)41(36,37)38)28-29-23-12-10-16(18-4-1-2-6-24(18)40(33,34)35)17-9-8-15(14-20(17)23)39(30,31)32/h1-14H,27H2,(H,30,31,32)(H,33,34,35)(H,36,37,38). The summed E-state index contributed by atoms with van der Waals surface area (Å²) < 4.78 is 101. The van der Waals surface area contributed by atoms with Gasteiger partial charge in [0.2, 0.25) is 0 Å². The molecule has 0 saturated heterocycles. The molecule has 210 valence electrons. The lowest BCUT2D eigenvalue weighted by atomic mass is 9.97. The summed E-state index contributed by atoms with van der Waals surface area (Å²) in [4.78, 5) is -1.26. The van der Waals surface area contributed by atoms with Crippen molar-refractivity contribution >= 4 is 69.0 Å². The van der Waals surface area contributed by atoms with Gasteiger partial charge in [0, 0.05) is 27.4 Å². The number of hydrogen-bond donors (Lipinski definition) is 4. The Bertz CT molecular complexity index is 2250. The van der Waals surface area contributed by atoms with Gasteiger partial charge < -0.3 is 5.73 Å². The van der Waals surface area contributed by atoms with Crippen LogP contribution in [0.2, 0.25) is 0 Å². The van der Waals surface area contributed by atoms with Crippen LogP contribution in [-0.4, -0.2) is 38.9 Å². The fourth-order valence-corrected chi connectivity index (χ4v) is 6.45. The molecule has 0 spiro atoms. The summed E-state index contributed by atoms with van der Waals surface area (Å²) in [5.74, 6) is 0. The predicted octanol–water partition coefficient (Wildman–Crippen LogP) is 5.40. The van der Waals surface area contributed by atoms with Crippen molar-refractivity contribution in [2.75, 3.05) is 5.73 Å². The first-order valence-corrected chi connectivity index (χ1v) is 15.8. The summed E-state index contributed by atoms with van der Waals surface area (Å²) >= 11 is 0. The molecule has 0 amide bonds. The minimum atomic E-state index is -4.64. The van der Waals surface area contributed by atoms with Gasteiger partial charge in [0.1, 0.15) is 9.79 Å². The number of nitrogens with two attached hydrogens (primary N) is 1. The van der Waals surface area contributed by atoms with Crippen LogP contribution in [0.25, 0.3) is 32.7 Å². The highest BCUT2D eigenvalue weighted by molar-refractivity contribution is 7.86. The molecule has 0 unspecified atom stereocenters. The number of benzene rings is 5. The second-order valence-corrected chi connectivity index (χ2v) is 13.0. The van der Waals surface area contributed by atoms with Crippen molar-refractivity contribution in [2.24, 2.45) is 10.2 Å². The Balaban J connectivity index is 1.76. The molecule has 0 aliphatic carbocycles. The fraction of sp³-hybridized carbons (Fsp3) is 0. The number of rotatable bonds is 6. The average molecular weight is 614 g/mol. The van der Waals surface area contributed by atoms with E-state index >= 15 is 0 Å². The lowest BCUT2D eigenvalue weighted by Gasteiger charge is -2.13. The third kappa shape index (κ3) is 5.41. The molecule has 0 aliphatic rings. The number of nitrogen functional groups attached to an aromatic ring is 1. The largest absolute Gasteiger partial charge is 0.398 e. The highest BCUT2D eigenvalue weighted by Crippen LogP contribution is 2.40. The van der Waals surface area contributed by atoms with E-state index in [2.05, 4.69) is 10.2 Å². The molecule has 0 fully saturated rings. The first-order chi connectivity index (χ1) is 19.2. The molecule has 12 nitrogen and oxygen atoms in total. The summed E-state index contributed by atoms with van der Waals surface area (Å²) in [5, 5.41) is 9.21. The van der Waals surface area contributed by atoms with Crippen molar-refractivity contribution in [2.45, 2.75) is 14.7 Å². The Hall–Kier alpha value is -4.25. The van der Waals surface area contributed by atoms with Crippen LogP contribution in [0.5, 0.6) is 0 Å². The van der Waals surface area contributed by atoms with E-state index in [4.69, 9.17) is 5.73 Å². The molecule has 41 heavy (non-hydrogen) atoms. The Labute approximate surface area is 234 Å². The van der Waals surface area contributed by atoms with Gasteiger partial charge in [-0.3, -0.25) is 13.7 Å². The molecule has 0 aromatic heterocycles. The van der Waals surface area contributed by atoms with Crippen molar-refractivity contribution in [3.05, 3.63) is 84.9 Å². The molecule has 0 radical (unpaired) electrons. The summed E-state index contributed by atoms with van der Waals surface area (Å²) in [5.41, 5.74) is 6.77. The van der Waals surface area contributed by atoms with Crippen molar-refractivity contribution in [3.63, 3.8) is 0 Å². The molecule has 5 aromatic rings. The van der Waals surface area contributed by atoms with Gasteiger partial charge in [-0.15, -0.1) is 10.2 Å².